The van der Waals surface area contributed by atoms with Gasteiger partial charge in [-0.05, 0) is 48.4 Å². The molecule has 2 aromatic rings. The standard InChI is InChI=1S/C20H15N4/c1-2-14-6-10-19(22-14)20-12-8-16(24-20)4-3-15-7-11-18(23-15)17-9-5-13(1)21-17/h1-12,21-23H/q+1/i1D,2D,3D,4D,5D,6D,7D,8D,9D,10D,11D,12D. The number of aromatic nitrogens is 2. The molecule has 5 rings (SSSR count). The maximum absolute atomic E-state index is 8.46. The SMILES string of the molecule is [2H]C1=C([2H])C2=C([2H])[C+]([2H])C(=c3[nH]c(c([2H])c3[2H])=C([2H])C([2H])=c3[nH]c(c([2H])c3[2H])=C3N=C1C([2H])=C3[2H])N2. The number of H-pyrrole nitrogens is 2. The van der Waals surface area contributed by atoms with Crippen LogP contribution in [0.2, 0.25) is 0 Å². The molecule has 5 heterocycles. The van der Waals surface area contributed by atoms with Gasteiger partial charge in [0.25, 0.3) is 0 Å². The van der Waals surface area contributed by atoms with Crippen LogP contribution in [0, 0.1) is 6.40 Å². The van der Waals surface area contributed by atoms with Crippen LogP contribution in [-0.4, -0.2) is 15.7 Å². The predicted molar refractivity (Wildman–Crippen MR) is 97.1 cm³/mol. The van der Waals surface area contributed by atoms with E-state index in [2.05, 4.69) is 20.3 Å². The van der Waals surface area contributed by atoms with Crippen molar-refractivity contribution < 1.29 is 16.4 Å². The van der Waals surface area contributed by atoms with E-state index >= 15 is 0 Å². The molecule has 0 atom stereocenters. The number of hydrogen-bond acceptors (Lipinski definition) is 2. The maximum atomic E-state index is 8.46. The first kappa shape index (κ1) is 5.91. The smallest absolute Gasteiger partial charge is 0.186 e. The lowest BCUT2D eigenvalue weighted by molar-refractivity contribution is 1.14. The lowest BCUT2D eigenvalue weighted by atomic mass is 10.3. The quantitative estimate of drug-likeness (QED) is 0.592. The van der Waals surface area contributed by atoms with Crippen LogP contribution in [0.4, 0.5) is 0 Å². The van der Waals surface area contributed by atoms with E-state index < -0.39 is 78.6 Å². The van der Waals surface area contributed by atoms with Crippen LogP contribution in [0.15, 0.2) is 65.1 Å². The number of allylic oxidation sites excluding steroid dienone is 3. The van der Waals surface area contributed by atoms with E-state index in [1.807, 2.05) is 0 Å². The summed E-state index contributed by atoms with van der Waals surface area (Å²) in [6.45, 7) is 0. The average molecular weight is 323 g/mol. The highest BCUT2D eigenvalue weighted by molar-refractivity contribution is 6.10. The zero-order chi connectivity index (χ0) is 26.4. The summed E-state index contributed by atoms with van der Waals surface area (Å²) >= 11 is 0. The van der Waals surface area contributed by atoms with Gasteiger partial charge in [-0.15, -0.1) is 0 Å². The van der Waals surface area contributed by atoms with Crippen LogP contribution in [0.25, 0.3) is 23.5 Å². The van der Waals surface area contributed by atoms with Gasteiger partial charge in [-0.1, -0.05) is 0 Å². The third kappa shape index (κ3) is 2.25. The monoisotopic (exact) mass is 323 g/mol. The topological polar surface area (TPSA) is 56.0 Å². The second-order valence-corrected chi connectivity index (χ2v) is 4.93. The Balaban J connectivity index is 2.04. The molecule has 0 amide bonds. The number of aliphatic imine (C=N–C) groups is 1. The summed E-state index contributed by atoms with van der Waals surface area (Å²) in [7, 11) is 0. The van der Waals surface area contributed by atoms with Crippen molar-refractivity contribution in [2.45, 2.75) is 0 Å². The zero-order valence-electron chi connectivity index (χ0n) is 23.9. The molecule has 4 nitrogen and oxygen atoms in total. The van der Waals surface area contributed by atoms with Gasteiger partial charge in [-0.3, -0.25) is 5.32 Å². The number of aromatic amines is 2. The number of hydrogen-bond donors (Lipinski definition) is 3. The van der Waals surface area contributed by atoms with E-state index in [1.54, 1.807) is 0 Å². The molecule has 2 aromatic heterocycles. The summed E-state index contributed by atoms with van der Waals surface area (Å²) in [6.07, 6.45) is -0.445. The highest BCUT2D eigenvalue weighted by Gasteiger charge is 2.17. The van der Waals surface area contributed by atoms with Crippen molar-refractivity contribution in [2.24, 2.45) is 4.99 Å². The first-order valence-corrected chi connectivity index (χ1v) is 6.95. The van der Waals surface area contributed by atoms with E-state index in [1.165, 1.54) is 0 Å². The van der Waals surface area contributed by atoms with Crippen molar-refractivity contribution in [2.75, 3.05) is 0 Å². The molecule has 0 fully saturated rings. The second-order valence-electron chi connectivity index (χ2n) is 4.93. The predicted octanol–water partition coefficient (Wildman–Crippen LogP) is 0.0924. The van der Waals surface area contributed by atoms with E-state index in [0.29, 0.717) is 0 Å². The maximum Gasteiger partial charge on any atom is 0.186 e. The Bertz CT molecular complexity index is 1780. The summed E-state index contributed by atoms with van der Waals surface area (Å²) in [5, 5.41) is 1.75. The summed E-state index contributed by atoms with van der Waals surface area (Å²) in [4.78, 5) is 9.39. The van der Waals surface area contributed by atoms with Crippen LogP contribution in [-0.2, 0) is 0 Å². The van der Waals surface area contributed by atoms with E-state index in [9.17, 15) is 0 Å². The molecule has 3 aliphatic rings. The minimum atomic E-state index is -0.633. The third-order valence-electron chi connectivity index (χ3n) is 3.32. The Hall–Kier alpha value is -3.40. The third-order valence-corrected chi connectivity index (χ3v) is 3.32. The lowest BCUT2D eigenvalue weighted by Crippen LogP contribution is -2.18. The summed E-state index contributed by atoms with van der Waals surface area (Å²) in [6, 6.07) is -5.81. The highest BCUT2D eigenvalue weighted by atomic mass is 14.9. The normalized spacial score (nSPS) is 28.0. The molecule has 0 spiro atoms. The minimum Gasteiger partial charge on any atom is -0.354 e. The molecule has 4 heteroatoms. The second kappa shape index (κ2) is 5.06. The first-order valence-electron chi connectivity index (χ1n) is 12.9. The molecular weight excluding hydrogens is 296 g/mol. The van der Waals surface area contributed by atoms with Crippen molar-refractivity contribution in [3.63, 3.8) is 0 Å². The fraction of sp³-hybridized carbons (Fsp3) is 0. The fourth-order valence-electron chi connectivity index (χ4n) is 2.20. The van der Waals surface area contributed by atoms with Gasteiger partial charge in [0, 0.05) is 17.4 Å². The van der Waals surface area contributed by atoms with Crippen molar-refractivity contribution >= 4 is 29.2 Å². The first-order chi connectivity index (χ1) is 16.9. The van der Waals surface area contributed by atoms with Gasteiger partial charge in [-0.2, -0.15) is 0 Å². The zero-order valence-corrected chi connectivity index (χ0v) is 11.9. The molecule has 8 bridgehead atoms. The Morgan fingerprint density at radius 1 is 0.917 bits per heavy atom. The highest BCUT2D eigenvalue weighted by Crippen LogP contribution is 2.13. The molecule has 0 aromatic carbocycles. The van der Waals surface area contributed by atoms with Crippen LogP contribution in [0.3, 0.4) is 0 Å². The van der Waals surface area contributed by atoms with Crippen LogP contribution in [0.5, 0.6) is 0 Å². The number of fused-ring (bicyclic) bond motifs is 7. The molecule has 24 heavy (non-hydrogen) atoms. The Morgan fingerprint density at radius 2 is 1.67 bits per heavy atom. The Kier molecular flexibility index (Phi) is 1.25. The van der Waals surface area contributed by atoms with E-state index in [4.69, 9.17) is 16.4 Å². The molecular formula is C20H15N4+. The summed E-state index contributed by atoms with van der Waals surface area (Å²) in [5.74, 6) is 0. The van der Waals surface area contributed by atoms with Crippen LogP contribution < -0.4 is 26.7 Å². The lowest BCUT2D eigenvalue weighted by Gasteiger charge is -1.92. The van der Waals surface area contributed by atoms with Gasteiger partial charge in [0.15, 0.2) is 12.4 Å². The number of nitrogens with one attached hydrogen (secondary N) is 3. The summed E-state index contributed by atoms with van der Waals surface area (Å²) < 4.78 is 100. The molecule has 3 N–H and O–H groups in total. The fourth-order valence-corrected chi connectivity index (χ4v) is 2.20. The van der Waals surface area contributed by atoms with Gasteiger partial charge < -0.3 is 9.97 Å². The van der Waals surface area contributed by atoms with Gasteiger partial charge in [0.05, 0.1) is 49.6 Å². The molecule has 3 aliphatic heterocycles. The largest absolute Gasteiger partial charge is 0.354 e. The molecule has 0 aliphatic carbocycles. The number of rotatable bonds is 0. The van der Waals surface area contributed by atoms with Gasteiger partial charge in [0.2, 0.25) is 0 Å². The Labute approximate surface area is 155 Å². The minimum absolute atomic E-state index is 0.147. The Morgan fingerprint density at radius 3 is 2.54 bits per heavy atom. The van der Waals surface area contributed by atoms with Crippen LogP contribution >= 0.6 is 0 Å². The molecule has 0 radical (unpaired) electrons. The molecule has 114 valence electrons. The molecule has 0 saturated carbocycles. The number of nitrogens with zero attached hydrogens (tertiary/aromatic N) is 1. The van der Waals surface area contributed by atoms with Crippen LogP contribution in [0.1, 0.15) is 16.4 Å². The van der Waals surface area contributed by atoms with Gasteiger partial charge >= 0.3 is 0 Å². The average Bonchev–Trinajstić information content (AvgIpc) is 3.51. The van der Waals surface area contributed by atoms with Crippen molar-refractivity contribution in [3.05, 3.63) is 87.9 Å². The van der Waals surface area contributed by atoms with Crippen molar-refractivity contribution in [1.82, 2.24) is 15.3 Å². The van der Waals surface area contributed by atoms with E-state index in [0.717, 1.165) is 0 Å². The van der Waals surface area contributed by atoms with Crippen molar-refractivity contribution in [1.29, 1.82) is 0 Å². The van der Waals surface area contributed by atoms with Gasteiger partial charge in [0.1, 0.15) is 5.70 Å². The molecule has 0 unspecified atom stereocenters. The van der Waals surface area contributed by atoms with Gasteiger partial charge in [-0.25, -0.2) is 4.99 Å². The van der Waals surface area contributed by atoms with E-state index in [-0.39, 0.29) is 38.5 Å². The van der Waals surface area contributed by atoms with Crippen molar-refractivity contribution in [3.8, 4) is 0 Å². The molecule has 0 saturated heterocycles. The summed E-state index contributed by atoms with van der Waals surface area (Å²) in [5.41, 5.74) is -1.09.